The molecule has 0 saturated heterocycles. The lowest BCUT2D eigenvalue weighted by Gasteiger charge is -2.31. The number of hydrogen-bond acceptors (Lipinski definition) is 3. The van der Waals surface area contributed by atoms with Gasteiger partial charge in [0.25, 0.3) is 0 Å². The average molecular weight is 272 g/mol. The molecule has 0 aliphatic rings. The molecule has 0 spiro atoms. The Morgan fingerprint density at radius 1 is 1.26 bits per heavy atom. The van der Waals surface area contributed by atoms with Gasteiger partial charge >= 0.3 is 11.9 Å². The van der Waals surface area contributed by atoms with Gasteiger partial charge in [-0.15, -0.1) is 0 Å². The Morgan fingerprint density at radius 2 is 1.84 bits per heavy atom. The second-order valence-corrected chi connectivity index (χ2v) is 5.90. The van der Waals surface area contributed by atoms with Crippen molar-refractivity contribution in [1.29, 1.82) is 0 Å². The highest BCUT2D eigenvalue weighted by molar-refractivity contribution is 5.79. The zero-order valence-electron chi connectivity index (χ0n) is 12.9. The Hall–Kier alpha value is -1.06. The largest absolute Gasteiger partial charge is 0.481 e. The number of rotatable bonds is 9. The molecular weight excluding hydrogens is 244 g/mol. The van der Waals surface area contributed by atoms with Crippen molar-refractivity contribution in [2.75, 3.05) is 0 Å². The van der Waals surface area contributed by atoms with Crippen LogP contribution in [-0.2, 0) is 14.3 Å². The zero-order chi connectivity index (χ0) is 15.1. The number of carboxylic acids is 1. The molecule has 0 bridgehead atoms. The molecule has 4 heteroatoms. The molecule has 0 rings (SSSR count). The van der Waals surface area contributed by atoms with E-state index in [0.29, 0.717) is 0 Å². The standard InChI is InChI=1S/C15H28O4/c1-6-8-9-15(4,5)12(14(17)18)10-13(16)19-11(3)7-2/h11-12H,6-10H2,1-5H3,(H,17,18). The Labute approximate surface area is 116 Å². The van der Waals surface area contributed by atoms with E-state index in [0.717, 1.165) is 25.7 Å². The predicted octanol–water partition coefficient (Wildman–Crippen LogP) is 3.64. The molecular formula is C15H28O4. The fourth-order valence-corrected chi connectivity index (χ4v) is 2.03. The van der Waals surface area contributed by atoms with E-state index in [-0.39, 0.29) is 12.5 Å². The van der Waals surface area contributed by atoms with Gasteiger partial charge in [-0.1, -0.05) is 40.5 Å². The van der Waals surface area contributed by atoms with Crippen molar-refractivity contribution in [3.8, 4) is 0 Å². The molecule has 2 unspecified atom stereocenters. The number of ether oxygens (including phenoxy) is 1. The number of unbranched alkanes of at least 4 members (excludes halogenated alkanes) is 1. The number of aliphatic carboxylic acids is 1. The van der Waals surface area contributed by atoms with Gasteiger partial charge in [0, 0.05) is 0 Å². The van der Waals surface area contributed by atoms with Crippen molar-refractivity contribution in [3.63, 3.8) is 0 Å². The van der Waals surface area contributed by atoms with Crippen molar-refractivity contribution < 1.29 is 19.4 Å². The van der Waals surface area contributed by atoms with Crippen LogP contribution >= 0.6 is 0 Å². The van der Waals surface area contributed by atoms with E-state index in [9.17, 15) is 14.7 Å². The van der Waals surface area contributed by atoms with Crippen molar-refractivity contribution in [3.05, 3.63) is 0 Å². The molecule has 0 saturated carbocycles. The first-order chi connectivity index (χ1) is 8.74. The lowest BCUT2D eigenvalue weighted by molar-refractivity contribution is -0.158. The first-order valence-corrected chi connectivity index (χ1v) is 7.16. The second-order valence-electron chi connectivity index (χ2n) is 5.90. The lowest BCUT2D eigenvalue weighted by Crippen LogP contribution is -2.34. The minimum atomic E-state index is -0.915. The molecule has 112 valence electrons. The van der Waals surface area contributed by atoms with E-state index in [1.54, 1.807) is 0 Å². The monoisotopic (exact) mass is 272 g/mol. The van der Waals surface area contributed by atoms with Crippen LogP contribution in [0, 0.1) is 11.3 Å². The molecule has 0 aliphatic heterocycles. The van der Waals surface area contributed by atoms with Crippen LogP contribution in [0.2, 0.25) is 0 Å². The summed E-state index contributed by atoms with van der Waals surface area (Å²) in [5.41, 5.74) is -0.393. The molecule has 0 radical (unpaired) electrons. The van der Waals surface area contributed by atoms with Crippen molar-refractivity contribution >= 4 is 11.9 Å². The molecule has 0 aromatic rings. The summed E-state index contributed by atoms with van der Waals surface area (Å²) in [5.74, 6) is -2.01. The third kappa shape index (κ3) is 6.60. The first kappa shape index (κ1) is 17.9. The molecule has 0 amide bonds. The van der Waals surface area contributed by atoms with E-state index >= 15 is 0 Å². The molecule has 2 atom stereocenters. The normalized spacial score (nSPS) is 14.8. The zero-order valence-corrected chi connectivity index (χ0v) is 12.9. The average Bonchev–Trinajstić information content (AvgIpc) is 2.32. The Kier molecular flexibility index (Phi) is 7.72. The van der Waals surface area contributed by atoms with Gasteiger partial charge in [0.1, 0.15) is 0 Å². The van der Waals surface area contributed by atoms with Gasteiger partial charge in [0.2, 0.25) is 0 Å². The molecule has 0 aromatic carbocycles. The molecule has 0 aromatic heterocycles. The fourth-order valence-electron chi connectivity index (χ4n) is 2.03. The quantitative estimate of drug-likeness (QED) is 0.651. The summed E-state index contributed by atoms with van der Waals surface area (Å²) in [6, 6.07) is 0. The summed E-state index contributed by atoms with van der Waals surface area (Å²) >= 11 is 0. The lowest BCUT2D eigenvalue weighted by atomic mass is 9.73. The third-order valence-electron chi connectivity index (χ3n) is 3.69. The predicted molar refractivity (Wildman–Crippen MR) is 74.9 cm³/mol. The van der Waals surface area contributed by atoms with Gasteiger partial charge in [0.05, 0.1) is 18.4 Å². The molecule has 4 nitrogen and oxygen atoms in total. The first-order valence-electron chi connectivity index (χ1n) is 7.16. The molecule has 1 N–H and O–H groups in total. The number of carboxylic acid groups (broad SMARTS) is 1. The van der Waals surface area contributed by atoms with E-state index in [1.807, 2.05) is 27.7 Å². The van der Waals surface area contributed by atoms with Crippen LogP contribution in [0.4, 0.5) is 0 Å². The van der Waals surface area contributed by atoms with E-state index in [2.05, 4.69) is 6.92 Å². The van der Waals surface area contributed by atoms with Crippen LogP contribution < -0.4 is 0 Å². The molecule has 19 heavy (non-hydrogen) atoms. The van der Waals surface area contributed by atoms with Gasteiger partial charge in [-0.25, -0.2) is 0 Å². The fraction of sp³-hybridized carbons (Fsp3) is 0.867. The number of carbonyl (C=O) groups excluding carboxylic acids is 1. The third-order valence-corrected chi connectivity index (χ3v) is 3.69. The van der Waals surface area contributed by atoms with Gasteiger partial charge < -0.3 is 9.84 Å². The summed E-state index contributed by atoms with van der Waals surface area (Å²) < 4.78 is 5.18. The number of esters is 1. The Balaban J connectivity index is 4.65. The molecule has 0 fully saturated rings. The van der Waals surface area contributed by atoms with Crippen LogP contribution in [0.15, 0.2) is 0 Å². The van der Waals surface area contributed by atoms with E-state index < -0.39 is 23.3 Å². The van der Waals surface area contributed by atoms with Crippen molar-refractivity contribution in [2.24, 2.45) is 11.3 Å². The highest BCUT2D eigenvalue weighted by Crippen LogP contribution is 2.35. The van der Waals surface area contributed by atoms with Gasteiger partial charge in [0.15, 0.2) is 0 Å². The Bertz CT molecular complexity index is 297. The van der Waals surface area contributed by atoms with Gasteiger partial charge in [-0.3, -0.25) is 9.59 Å². The van der Waals surface area contributed by atoms with Crippen LogP contribution in [0.5, 0.6) is 0 Å². The van der Waals surface area contributed by atoms with Gasteiger partial charge in [-0.2, -0.15) is 0 Å². The van der Waals surface area contributed by atoms with Crippen LogP contribution in [-0.4, -0.2) is 23.1 Å². The summed E-state index contributed by atoms with van der Waals surface area (Å²) in [4.78, 5) is 23.2. The Morgan fingerprint density at radius 3 is 2.26 bits per heavy atom. The maximum absolute atomic E-state index is 11.8. The number of carbonyl (C=O) groups is 2. The summed E-state index contributed by atoms with van der Waals surface area (Å²) in [5, 5.41) is 9.34. The van der Waals surface area contributed by atoms with E-state index in [4.69, 9.17) is 4.74 Å². The SMILES string of the molecule is CCCCC(C)(C)C(CC(=O)OC(C)CC)C(=O)O. The van der Waals surface area contributed by atoms with Crippen LogP contribution in [0.1, 0.15) is 66.7 Å². The molecule has 0 heterocycles. The van der Waals surface area contributed by atoms with Gasteiger partial charge in [-0.05, 0) is 25.2 Å². The highest BCUT2D eigenvalue weighted by Gasteiger charge is 2.36. The van der Waals surface area contributed by atoms with Crippen molar-refractivity contribution in [2.45, 2.75) is 72.8 Å². The number of hydrogen-bond donors (Lipinski definition) is 1. The maximum Gasteiger partial charge on any atom is 0.307 e. The topological polar surface area (TPSA) is 63.6 Å². The van der Waals surface area contributed by atoms with Crippen LogP contribution in [0.3, 0.4) is 0 Å². The maximum atomic E-state index is 11.8. The van der Waals surface area contributed by atoms with Crippen LogP contribution in [0.25, 0.3) is 0 Å². The summed E-state index contributed by atoms with van der Waals surface area (Å²) in [7, 11) is 0. The second kappa shape index (κ2) is 8.18. The highest BCUT2D eigenvalue weighted by atomic mass is 16.5. The van der Waals surface area contributed by atoms with Crippen molar-refractivity contribution in [1.82, 2.24) is 0 Å². The minimum absolute atomic E-state index is 0.0453. The van der Waals surface area contributed by atoms with E-state index in [1.165, 1.54) is 0 Å². The summed E-state index contributed by atoms with van der Waals surface area (Å²) in [6.07, 6.45) is 3.33. The molecule has 0 aliphatic carbocycles. The smallest absolute Gasteiger partial charge is 0.307 e. The summed E-state index contributed by atoms with van der Waals surface area (Å²) in [6.45, 7) is 9.65. The minimum Gasteiger partial charge on any atom is -0.481 e.